The number of carbonyl (C=O) groups is 4. The summed E-state index contributed by atoms with van der Waals surface area (Å²) in [6.45, 7) is 3.80. The van der Waals surface area contributed by atoms with Crippen molar-refractivity contribution in [3.8, 4) is 11.5 Å². The van der Waals surface area contributed by atoms with E-state index in [1.165, 1.54) is 18.2 Å². The van der Waals surface area contributed by atoms with Crippen LogP contribution >= 0.6 is 0 Å². The Morgan fingerprint density at radius 3 is 2.49 bits per heavy atom. The number of hydrogen-bond acceptors (Lipinski definition) is 6. The van der Waals surface area contributed by atoms with E-state index in [4.69, 9.17) is 9.47 Å². The van der Waals surface area contributed by atoms with Crippen molar-refractivity contribution < 1.29 is 33.0 Å². The molecule has 4 N–H and O–H groups in total. The van der Waals surface area contributed by atoms with Crippen molar-refractivity contribution in [2.24, 2.45) is 11.8 Å². The van der Waals surface area contributed by atoms with E-state index < -0.39 is 48.0 Å². The quantitative estimate of drug-likeness (QED) is 0.251. The number of nitrogens with one attached hydrogen (secondary N) is 4. The van der Waals surface area contributed by atoms with Crippen LogP contribution in [0.25, 0.3) is 10.9 Å². The number of para-hydroxylation sites is 1. The van der Waals surface area contributed by atoms with Gasteiger partial charge in [-0.05, 0) is 55.5 Å². The lowest BCUT2D eigenvalue weighted by molar-refractivity contribution is -0.131. The van der Waals surface area contributed by atoms with E-state index in [-0.39, 0.29) is 29.7 Å². The number of aromatic amines is 1. The van der Waals surface area contributed by atoms with Crippen molar-refractivity contribution in [1.29, 1.82) is 0 Å². The average molecular weight is 567 g/mol. The number of H-pyrrole nitrogens is 1. The van der Waals surface area contributed by atoms with E-state index in [2.05, 4.69) is 20.9 Å². The number of halogens is 1. The van der Waals surface area contributed by atoms with Crippen LogP contribution in [0, 0.1) is 17.7 Å². The van der Waals surface area contributed by atoms with Gasteiger partial charge in [-0.2, -0.15) is 0 Å². The summed E-state index contributed by atoms with van der Waals surface area (Å²) >= 11 is 0. The molecule has 3 unspecified atom stereocenters. The SMILES string of the molecule is COc1cccc2[nH]c(C(=O)NC(CC(C)C)C(=O)NC(CC3CCNC3=O)C(=O)COc3ccccc3F)cc12. The minimum Gasteiger partial charge on any atom is -0.496 e. The second kappa shape index (κ2) is 13.3. The van der Waals surface area contributed by atoms with Crippen LogP contribution in [-0.4, -0.2) is 60.8 Å². The number of ketones is 1. The zero-order valence-corrected chi connectivity index (χ0v) is 23.3. The first-order chi connectivity index (χ1) is 19.7. The second-order valence-electron chi connectivity index (χ2n) is 10.5. The molecule has 10 nitrogen and oxygen atoms in total. The molecule has 0 saturated carbocycles. The van der Waals surface area contributed by atoms with Gasteiger partial charge in [-0.15, -0.1) is 0 Å². The molecule has 218 valence electrons. The Morgan fingerprint density at radius 1 is 1.05 bits per heavy atom. The molecule has 2 aromatic carbocycles. The highest BCUT2D eigenvalue weighted by Crippen LogP contribution is 2.26. The van der Waals surface area contributed by atoms with Crippen LogP contribution in [0.5, 0.6) is 11.5 Å². The van der Waals surface area contributed by atoms with Crippen LogP contribution in [0.2, 0.25) is 0 Å². The minimum atomic E-state index is -1.08. The lowest BCUT2D eigenvalue weighted by Gasteiger charge is -2.25. The second-order valence-corrected chi connectivity index (χ2v) is 10.5. The number of hydrogen-bond donors (Lipinski definition) is 4. The molecule has 0 aliphatic carbocycles. The maximum Gasteiger partial charge on any atom is 0.268 e. The number of carbonyl (C=O) groups excluding carboxylic acids is 4. The highest BCUT2D eigenvalue weighted by atomic mass is 19.1. The standard InChI is InChI=1S/C30H35FN4O6/c1-17(2)13-23(35-30(39)24-15-19-21(33-24)8-6-10-26(19)40-3)29(38)34-22(14-18-11-12-32-28(18)37)25(36)16-41-27-9-5-4-7-20(27)31/h4-10,15,17-18,22-23,33H,11-14,16H2,1-3H3,(H,32,37)(H,34,38)(H,35,39). The third kappa shape index (κ3) is 7.41. The molecule has 0 radical (unpaired) electrons. The Hall–Kier alpha value is -4.41. The number of aromatic nitrogens is 1. The molecule has 0 bridgehead atoms. The highest BCUT2D eigenvalue weighted by molar-refractivity contribution is 6.02. The van der Waals surface area contributed by atoms with Gasteiger partial charge in [-0.1, -0.05) is 32.0 Å². The Morgan fingerprint density at radius 2 is 1.80 bits per heavy atom. The lowest BCUT2D eigenvalue weighted by Crippen LogP contribution is -2.53. The van der Waals surface area contributed by atoms with Gasteiger partial charge in [0.2, 0.25) is 11.8 Å². The summed E-state index contributed by atoms with van der Waals surface area (Å²) < 4.78 is 24.8. The summed E-state index contributed by atoms with van der Waals surface area (Å²) in [5.41, 5.74) is 0.953. The van der Waals surface area contributed by atoms with Crippen LogP contribution < -0.4 is 25.4 Å². The molecule has 0 spiro atoms. The molecular weight excluding hydrogens is 531 g/mol. The van der Waals surface area contributed by atoms with Crippen molar-refractivity contribution in [3.05, 3.63) is 60.0 Å². The van der Waals surface area contributed by atoms with Gasteiger partial charge in [0, 0.05) is 23.4 Å². The molecule has 41 heavy (non-hydrogen) atoms. The van der Waals surface area contributed by atoms with Gasteiger partial charge in [0.15, 0.2) is 17.3 Å². The summed E-state index contributed by atoms with van der Waals surface area (Å²) in [5.74, 6) is -2.33. The van der Waals surface area contributed by atoms with Gasteiger partial charge in [0.25, 0.3) is 5.91 Å². The maximum atomic E-state index is 14.0. The van der Waals surface area contributed by atoms with E-state index in [1.54, 1.807) is 31.4 Å². The molecule has 3 amide bonds. The third-order valence-electron chi connectivity index (χ3n) is 7.01. The van der Waals surface area contributed by atoms with Crippen molar-refractivity contribution in [3.63, 3.8) is 0 Å². The zero-order chi connectivity index (χ0) is 29.5. The minimum absolute atomic E-state index is 0.0352. The fourth-order valence-corrected chi connectivity index (χ4v) is 4.88. The first kappa shape index (κ1) is 29.6. The number of Topliss-reactive ketones (excluding diaryl/α,β-unsaturated/α-hetero) is 1. The van der Waals surface area contributed by atoms with Crippen LogP contribution in [0.3, 0.4) is 0 Å². The molecule has 1 aromatic heterocycles. The largest absolute Gasteiger partial charge is 0.496 e. The van der Waals surface area contributed by atoms with Crippen molar-refractivity contribution in [2.45, 2.75) is 45.2 Å². The third-order valence-corrected chi connectivity index (χ3v) is 7.01. The van der Waals surface area contributed by atoms with Gasteiger partial charge in [0.05, 0.1) is 13.2 Å². The first-order valence-electron chi connectivity index (χ1n) is 13.6. The van der Waals surface area contributed by atoms with E-state index in [0.29, 0.717) is 30.7 Å². The average Bonchev–Trinajstić information content (AvgIpc) is 3.57. The van der Waals surface area contributed by atoms with E-state index >= 15 is 0 Å². The normalized spacial score (nSPS) is 16.2. The van der Waals surface area contributed by atoms with Gasteiger partial charge in [-0.25, -0.2) is 4.39 Å². The molecule has 1 aliphatic rings. The summed E-state index contributed by atoms with van der Waals surface area (Å²) in [6, 6.07) is 10.7. The summed E-state index contributed by atoms with van der Waals surface area (Å²) in [5, 5.41) is 8.97. The van der Waals surface area contributed by atoms with E-state index in [9.17, 15) is 23.6 Å². The molecule has 4 rings (SSSR count). The molecule has 1 fully saturated rings. The predicted octanol–water partition coefficient (Wildman–Crippen LogP) is 3.12. The molecule has 1 saturated heterocycles. The topological polar surface area (TPSA) is 139 Å². The summed E-state index contributed by atoms with van der Waals surface area (Å²) in [6.07, 6.45) is 0.877. The Balaban J connectivity index is 1.50. The molecule has 3 aromatic rings. The highest BCUT2D eigenvalue weighted by Gasteiger charge is 2.33. The smallest absolute Gasteiger partial charge is 0.268 e. The molecule has 3 atom stereocenters. The van der Waals surface area contributed by atoms with E-state index in [0.717, 1.165) is 5.39 Å². The predicted molar refractivity (Wildman–Crippen MR) is 150 cm³/mol. The number of fused-ring (bicyclic) bond motifs is 1. The van der Waals surface area contributed by atoms with Gasteiger partial charge < -0.3 is 30.4 Å². The summed E-state index contributed by atoms with van der Waals surface area (Å²) in [4.78, 5) is 55.2. The number of methoxy groups -OCH3 is 1. The number of benzene rings is 2. The fraction of sp³-hybridized carbons (Fsp3) is 0.400. The van der Waals surface area contributed by atoms with Gasteiger partial charge >= 0.3 is 0 Å². The number of rotatable bonds is 13. The number of amides is 3. The van der Waals surface area contributed by atoms with Crippen molar-refractivity contribution in [1.82, 2.24) is 20.9 Å². The Bertz CT molecular complexity index is 1420. The van der Waals surface area contributed by atoms with Crippen LogP contribution in [0.1, 0.15) is 43.6 Å². The van der Waals surface area contributed by atoms with Crippen LogP contribution in [-0.2, 0) is 14.4 Å². The van der Waals surface area contributed by atoms with Gasteiger partial charge in [0.1, 0.15) is 24.1 Å². The monoisotopic (exact) mass is 566 g/mol. The Kier molecular flexibility index (Phi) is 9.59. The summed E-state index contributed by atoms with van der Waals surface area (Å²) in [7, 11) is 1.54. The van der Waals surface area contributed by atoms with Crippen molar-refractivity contribution in [2.75, 3.05) is 20.3 Å². The van der Waals surface area contributed by atoms with Crippen molar-refractivity contribution >= 4 is 34.4 Å². The maximum absolute atomic E-state index is 14.0. The Labute approximate surface area is 237 Å². The molecule has 1 aliphatic heterocycles. The zero-order valence-electron chi connectivity index (χ0n) is 23.3. The number of ether oxygens (including phenoxy) is 2. The molecular formula is C30H35FN4O6. The first-order valence-corrected chi connectivity index (χ1v) is 13.6. The van der Waals surface area contributed by atoms with Crippen LogP contribution in [0.4, 0.5) is 4.39 Å². The molecule has 11 heteroatoms. The van der Waals surface area contributed by atoms with Crippen LogP contribution in [0.15, 0.2) is 48.5 Å². The lowest BCUT2D eigenvalue weighted by atomic mass is 9.95. The van der Waals surface area contributed by atoms with E-state index in [1.807, 2.05) is 19.9 Å². The van der Waals surface area contributed by atoms with Gasteiger partial charge in [-0.3, -0.25) is 19.2 Å². The fourth-order valence-electron chi connectivity index (χ4n) is 4.88. The molecule has 2 heterocycles.